The number of alkyl halides is 2. The number of nitrogens with two attached hydrogens (primary N) is 1. The molecule has 0 saturated heterocycles. The molecule has 0 bridgehead atoms. The van der Waals surface area contributed by atoms with Crippen LogP contribution in [0.15, 0.2) is 15.9 Å². The maximum atomic E-state index is 11.9. The predicted molar refractivity (Wildman–Crippen MR) is 57.8 cm³/mol. The molecule has 1 rings (SSSR count). The van der Waals surface area contributed by atoms with Crippen molar-refractivity contribution in [1.82, 2.24) is 5.32 Å². The molecular weight excluding hydrogens is 274 g/mol. The lowest BCUT2D eigenvalue weighted by atomic mass is 10.2. The van der Waals surface area contributed by atoms with Gasteiger partial charge in [-0.2, -0.15) is 0 Å². The largest absolute Gasteiger partial charge is 0.329 e. The van der Waals surface area contributed by atoms with Crippen LogP contribution >= 0.6 is 27.3 Å². The zero-order valence-electron chi connectivity index (χ0n) is 7.34. The zero-order valence-corrected chi connectivity index (χ0v) is 9.75. The van der Waals surface area contributed by atoms with Crippen molar-refractivity contribution in [2.45, 2.75) is 12.5 Å². The van der Waals surface area contributed by atoms with Crippen molar-refractivity contribution < 1.29 is 8.78 Å². The SMILES string of the molecule is NCC(NCC(F)F)c1ccc(Br)s1. The Morgan fingerprint density at radius 3 is 2.64 bits per heavy atom. The molecule has 1 aromatic heterocycles. The summed E-state index contributed by atoms with van der Waals surface area (Å²) >= 11 is 4.81. The Morgan fingerprint density at radius 2 is 2.21 bits per heavy atom. The number of nitrogens with one attached hydrogen (secondary N) is 1. The van der Waals surface area contributed by atoms with Gasteiger partial charge in [-0.05, 0) is 28.1 Å². The van der Waals surface area contributed by atoms with Crippen molar-refractivity contribution in [2.75, 3.05) is 13.1 Å². The van der Waals surface area contributed by atoms with Crippen LogP contribution in [0.4, 0.5) is 8.78 Å². The highest BCUT2D eigenvalue weighted by molar-refractivity contribution is 9.11. The number of hydrogen-bond acceptors (Lipinski definition) is 3. The molecule has 1 atom stereocenters. The third kappa shape index (κ3) is 3.61. The van der Waals surface area contributed by atoms with Gasteiger partial charge in [0.05, 0.1) is 16.4 Å². The number of thiophene rings is 1. The topological polar surface area (TPSA) is 38.0 Å². The molecule has 0 radical (unpaired) electrons. The Hall–Kier alpha value is -0.0400. The quantitative estimate of drug-likeness (QED) is 0.871. The molecule has 0 aromatic carbocycles. The molecule has 0 aliphatic carbocycles. The summed E-state index contributed by atoms with van der Waals surface area (Å²) in [5.41, 5.74) is 5.48. The van der Waals surface area contributed by atoms with Crippen molar-refractivity contribution in [3.63, 3.8) is 0 Å². The van der Waals surface area contributed by atoms with Gasteiger partial charge in [0.1, 0.15) is 0 Å². The molecule has 80 valence electrons. The maximum absolute atomic E-state index is 11.9. The van der Waals surface area contributed by atoms with Crippen LogP contribution in [-0.4, -0.2) is 19.5 Å². The van der Waals surface area contributed by atoms with Crippen LogP contribution in [-0.2, 0) is 0 Å². The van der Waals surface area contributed by atoms with Crippen LogP contribution in [0.1, 0.15) is 10.9 Å². The molecule has 0 spiro atoms. The van der Waals surface area contributed by atoms with E-state index in [1.165, 1.54) is 11.3 Å². The first-order chi connectivity index (χ1) is 6.63. The molecule has 14 heavy (non-hydrogen) atoms. The van der Waals surface area contributed by atoms with E-state index in [0.717, 1.165) is 8.66 Å². The lowest BCUT2D eigenvalue weighted by Crippen LogP contribution is -2.31. The van der Waals surface area contributed by atoms with Gasteiger partial charge in [-0.15, -0.1) is 11.3 Å². The Labute approximate surface area is 93.6 Å². The molecule has 1 unspecified atom stereocenters. The summed E-state index contributed by atoms with van der Waals surface area (Å²) < 4.78 is 24.9. The van der Waals surface area contributed by atoms with E-state index in [-0.39, 0.29) is 12.6 Å². The number of rotatable bonds is 5. The molecule has 0 fully saturated rings. The van der Waals surface area contributed by atoms with Gasteiger partial charge in [-0.1, -0.05) is 0 Å². The van der Waals surface area contributed by atoms with Crippen LogP contribution in [0.2, 0.25) is 0 Å². The first kappa shape index (κ1) is 12.0. The molecule has 0 aliphatic rings. The van der Waals surface area contributed by atoms with E-state index in [1.807, 2.05) is 12.1 Å². The van der Waals surface area contributed by atoms with Crippen molar-refractivity contribution >= 4 is 27.3 Å². The number of halogens is 3. The smallest absolute Gasteiger partial charge is 0.250 e. The Bertz CT molecular complexity index is 280. The average Bonchev–Trinajstić information content (AvgIpc) is 2.53. The number of hydrogen-bond donors (Lipinski definition) is 2. The molecule has 0 amide bonds. The zero-order chi connectivity index (χ0) is 10.6. The van der Waals surface area contributed by atoms with Crippen molar-refractivity contribution in [3.05, 3.63) is 20.8 Å². The van der Waals surface area contributed by atoms with Gasteiger partial charge in [0, 0.05) is 11.4 Å². The minimum Gasteiger partial charge on any atom is -0.329 e. The summed E-state index contributed by atoms with van der Waals surface area (Å²) in [6.07, 6.45) is -2.34. The van der Waals surface area contributed by atoms with E-state index >= 15 is 0 Å². The predicted octanol–water partition coefficient (Wildman–Crippen LogP) is 2.37. The fourth-order valence-electron chi connectivity index (χ4n) is 1.05. The standard InChI is InChI=1S/C8H11BrF2N2S/c9-7-2-1-6(14-7)5(3-12)13-4-8(10)11/h1-2,5,8,13H,3-4,12H2. The van der Waals surface area contributed by atoms with Crippen LogP contribution in [0.3, 0.4) is 0 Å². The second kappa shape index (κ2) is 5.75. The fourth-order valence-corrected chi connectivity index (χ4v) is 2.56. The Balaban J connectivity index is 2.54. The normalized spacial score (nSPS) is 13.5. The molecule has 0 saturated carbocycles. The van der Waals surface area contributed by atoms with Crippen LogP contribution in [0.25, 0.3) is 0 Å². The van der Waals surface area contributed by atoms with Gasteiger partial charge in [-0.25, -0.2) is 8.78 Å². The van der Waals surface area contributed by atoms with E-state index < -0.39 is 6.43 Å². The van der Waals surface area contributed by atoms with E-state index in [9.17, 15) is 8.78 Å². The van der Waals surface area contributed by atoms with Gasteiger partial charge in [0.15, 0.2) is 0 Å². The highest BCUT2D eigenvalue weighted by atomic mass is 79.9. The summed E-state index contributed by atoms with van der Waals surface area (Å²) in [7, 11) is 0. The highest BCUT2D eigenvalue weighted by Crippen LogP contribution is 2.26. The van der Waals surface area contributed by atoms with Gasteiger partial charge in [0.2, 0.25) is 0 Å². The van der Waals surface area contributed by atoms with E-state index in [4.69, 9.17) is 5.73 Å². The van der Waals surface area contributed by atoms with Crippen molar-refractivity contribution in [1.29, 1.82) is 0 Å². The monoisotopic (exact) mass is 284 g/mol. The summed E-state index contributed by atoms with van der Waals surface area (Å²) in [5.74, 6) is 0. The van der Waals surface area contributed by atoms with Crippen molar-refractivity contribution in [3.8, 4) is 0 Å². The summed E-state index contributed by atoms with van der Waals surface area (Å²) in [5, 5.41) is 2.71. The van der Waals surface area contributed by atoms with Crippen molar-refractivity contribution in [2.24, 2.45) is 5.73 Å². The fraction of sp³-hybridized carbons (Fsp3) is 0.500. The molecule has 0 aliphatic heterocycles. The first-order valence-corrected chi connectivity index (χ1v) is 5.71. The summed E-state index contributed by atoms with van der Waals surface area (Å²) in [6.45, 7) is -0.00292. The van der Waals surface area contributed by atoms with Gasteiger partial charge >= 0.3 is 0 Å². The van der Waals surface area contributed by atoms with E-state index in [0.29, 0.717) is 6.54 Å². The molecule has 1 aromatic rings. The van der Waals surface area contributed by atoms with Gasteiger partial charge in [0.25, 0.3) is 6.43 Å². The molecule has 2 nitrogen and oxygen atoms in total. The highest BCUT2D eigenvalue weighted by Gasteiger charge is 2.13. The Morgan fingerprint density at radius 1 is 1.50 bits per heavy atom. The molecule has 3 N–H and O–H groups in total. The summed E-state index contributed by atoms with van der Waals surface area (Å²) in [4.78, 5) is 0.972. The molecular formula is C8H11BrF2N2S. The van der Waals surface area contributed by atoms with Crippen LogP contribution in [0, 0.1) is 0 Å². The van der Waals surface area contributed by atoms with Crippen LogP contribution < -0.4 is 11.1 Å². The molecule has 6 heteroatoms. The lowest BCUT2D eigenvalue weighted by molar-refractivity contribution is 0.142. The average molecular weight is 285 g/mol. The second-order valence-corrected chi connectivity index (χ2v) is 5.22. The van der Waals surface area contributed by atoms with Gasteiger partial charge in [-0.3, -0.25) is 0 Å². The first-order valence-electron chi connectivity index (χ1n) is 4.10. The maximum Gasteiger partial charge on any atom is 0.250 e. The summed E-state index contributed by atoms with van der Waals surface area (Å²) in [6, 6.07) is 3.58. The van der Waals surface area contributed by atoms with Crippen LogP contribution in [0.5, 0.6) is 0 Å². The minimum absolute atomic E-state index is 0.180. The molecule has 1 heterocycles. The third-order valence-corrected chi connectivity index (χ3v) is 3.43. The minimum atomic E-state index is -2.34. The van der Waals surface area contributed by atoms with Gasteiger partial charge < -0.3 is 11.1 Å². The lowest BCUT2D eigenvalue weighted by Gasteiger charge is -2.14. The third-order valence-electron chi connectivity index (χ3n) is 1.69. The second-order valence-electron chi connectivity index (χ2n) is 2.73. The Kier molecular flexibility index (Phi) is 4.94. The van der Waals surface area contributed by atoms with E-state index in [2.05, 4.69) is 21.2 Å². The van der Waals surface area contributed by atoms with E-state index in [1.54, 1.807) is 0 Å².